The van der Waals surface area contributed by atoms with Gasteiger partial charge in [0.2, 0.25) is 0 Å². The SMILES string of the molecule is Cc1cccn2c(CN(C)CCC3CCOCC3)c(C(=O)N(C)CCc3ccccc3)nc12. The molecule has 0 saturated carbocycles. The highest BCUT2D eigenvalue weighted by atomic mass is 16.5. The van der Waals surface area contributed by atoms with E-state index in [9.17, 15) is 4.79 Å². The second-order valence-corrected chi connectivity index (χ2v) is 9.34. The van der Waals surface area contributed by atoms with Gasteiger partial charge in [-0.3, -0.25) is 4.79 Å². The summed E-state index contributed by atoms with van der Waals surface area (Å²) >= 11 is 0. The predicted octanol–water partition coefficient (Wildman–Crippen LogP) is 4.21. The van der Waals surface area contributed by atoms with Crippen molar-refractivity contribution in [2.45, 2.75) is 39.2 Å². The van der Waals surface area contributed by atoms with Gasteiger partial charge in [-0.05, 0) is 69.3 Å². The number of amides is 1. The summed E-state index contributed by atoms with van der Waals surface area (Å²) in [7, 11) is 4.02. The molecule has 0 N–H and O–H groups in total. The molecule has 176 valence electrons. The first-order valence-corrected chi connectivity index (χ1v) is 12.0. The fourth-order valence-electron chi connectivity index (χ4n) is 4.57. The Balaban J connectivity index is 1.49. The van der Waals surface area contributed by atoms with Crippen molar-refractivity contribution in [2.75, 3.05) is 40.4 Å². The van der Waals surface area contributed by atoms with Crippen molar-refractivity contribution in [3.8, 4) is 0 Å². The average molecular weight is 449 g/mol. The second kappa shape index (κ2) is 10.9. The normalized spacial score (nSPS) is 14.8. The van der Waals surface area contributed by atoms with Gasteiger partial charge in [0, 0.05) is 39.5 Å². The summed E-state index contributed by atoms with van der Waals surface area (Å²) in [5.74, 6) is 0.720. The van der Waals surface area contributed by atoms with Crippen molar-refractivity contribution in [3.63, 3.8) is 0 Å². The van der Waals surface area contributed by atoms with Crippen molar-refractivity contribution in [1.82, 2.24) is 19.2 Å². The lowest BCUT2D eigenvalue weighted by Gasteiger charge is -2.25. The van der Waals surface area contributed by atoms with Gasteiger partial charge >= 0.3 is 0 Å². The molecule has 1 saturated heterocycles. The van der Waals surface area contributed by atoms with Gasteiger partial charge in [-0.2, -0.15) is 0 Å². The Morgan fingerprint density at radius 1 is 1.09 bits per heavy atom. The highest BCUT2D eigenvalue weighted by molar-refractivity contribution is 5.94. The van der Waals surface area contributed by atoms with Crippen molar-refractivity contribution >= 4 is 11.6 Å². The van der Waals surface area contributed by atoms with Crippen molar-refractivity contribution in [2.24, 2.45) is 5.92 Å². The fourth-order valence-corrected chi connectivity index (χ4v) is 4.57. The first-order chi connectivity index (χ1) is 16.0. The number of aryl methyl sites for hydroxylation is 1. The molecule has 6 nitrogen and oxygen atoms in total. The topological polar surface area (TPSA) is 50.1 Å². The Kier molecular flexibility index (Phi) is 7.78. The summed E-state index contributed by atoms with van der Waals surface area (Å²) in [6, 6.07) is 14.4. The molecule has 1 aliphatic heterocycles. The van der Waals surface area contributed by atoms with E-state index in [-0.39, 0.29) is 5.91 Å². The van der Waals surface area contributed by atoms with Crippen molar-refractivity contribution in [1.29, 1.82) is 0 Å². The maximum atomic E-state index is 13.5. The largest absolute Gasteiger partial charge is 0.381 e. The maximum absolute atomic E-state index is 13.5. The highest BCUT2D eigenvalue weighted by Crippen LogP contribution is 2.21. The van der Waals surface area contributed by atoms with Crippen molar-refractivity contribution in [3.05, 3.63) is 71.2 Å². The molecule has 1 aromatic carbocycles. The molecule has 1 aliphatic rings. The molecule has 0 spiro atoms. The Bertz CT molecular complexity index is 1060. The lowest BCUT2D eigenvalue weighted by Crippen LogP contribution is -2.31. The number of hydrogen-bond donors (Lipinski definition) is 0. The van der Waals surface area contributed by atoms with Crippen LogP contribution in [0.1, 0.15) is 46.6 Å². The van der Waals surface area contributed by atoms with Gasteiger partial charge in [-0.25, -0.2) is 4.98 Å². The van der Waals surface area contributed by atoms with Gasteiger partial charge in [0.05, 0.1) is 5.69 Å². The van der Waals surface area contributed by atoms with Crippen LogP contribution >= 0.6 is 0 Å². The Morgan fingerprint density at radius 3 is 2.61 bits per heavy atom. The molecular weight excluding hydrogens is 412 g/mol. The van der Waals surface area contributed by atoms with Crippen LogP contribution in [0, 0.1) is 12.8 Å². The Hall–Kier alpha value is -2.70. The fraction of sp³-hybridized carbons (Fsp3) is 0.481. The third-order valence-electron chi connectivity index (χ3n) is 6.75. The molecule has 3 heterocycles. The molecular formula is C27H36N4O2. The van der Waals surface area contributed by atoms with Gasteiger partial charge in [0.1, 0.15) is 5.65 Å². The summed E-state index contributed by atoms with van der Waals surface area (Å²) in [6.45, 7) is 6.18. The number of nitrogens with zero attached hydrogens (tertiary/aromatic N) is 4. The number of ether oxygens (including phenoxy) is 1. The third kappa shape index (κ3) is 5.81. The molecule has 0 unspecified atom stereocenters. The highest BCUT2D eigenvalue weighted by Gasteiger charge is 2.24. The number of pyridine rings is 1. The van der Waals surface area contributed by atoms with E-state index in [4.69, 9.17) is 9.72 Å². The molecule has 2 aromatic heterocycles. The van der Waals surface area contributed by atoms with Crippen LogP contribution in [-0.2, 0) is 17.7 Å². The number of benzene rings is 1. The molecule has 4 rings (SSSR count). The molecule has 1 fully saturated rings. The minimum absolute atomic E-state index is 0.0122. The van der Waals surface area contributed by atoms with Crippen LogP contribution in [-0.4, -0.2) is 65.5 Å². The lowest BCUT2D eigenvalue weighted by molar-refractivity contribution is 0.0607. The predicted molar refractivity (Wildman–Crippen MR) is 132 cm³/mol. The molecule has 1 amide bonds. The lowest BCUT2D eigenvalue weighted by atomic mass is 9.96. The smallest absolute Gasteiger partial charge is 0.274 e. The Morgan fingerprint density at radius 2 is 1.85 bits per heavy atom. The maximum Gasteiger partial charge on any atom is 0.274 e. The van der Waals surface area contributed by atoms with E-state index in [1.165, 1.54) is 5.56 Å². The summed E-state index contributed by atoms with van der Waals surface area (Å²) in [5.41, 5.74) is 4.72. The number of hydrogen-bond acceptors (Lipinski definition) is 4. The standard InChI is InChI=1S/C27H36N4O2/c1-21-8-7-15-31-24(20-29(2)16-11-23-13-18-33-19-14-23)25(28-26(21)31)27(32)30(3)17-12-22-9-5-4-6-10-22/h4-10,15,23H,11-14,16-20H2,1-3H3. The summed E-state index contributed by atoms with van der Waals surface area (Å²) < 4.78 is 7.59. The first kappa shape index (κ1) is 23.5. The number of rotatable bonds is 9. The van der Waals surface area contributed by atoms with Gasteiger partial charge < -0.3 is 18.9 Å². The van der Waals surface area contributed by atoms with Crippen LogP contribution in [0.5, 0.6) is 0 Å². The first-order valence-electron chi connectivity index (χ1n) is 12.0. The minimum atomic E-state index is -0.0122. The van der Waals surface area contributed by atoms with Crippen LogP contribution in [0.25, 0.3) is 5.65 Å². The van der Waals surface area contributed by atoms with E-state index < -0.39 is 0 Å². The van der Waals surface area contributed by atoms with Crippen molar-refractivity contribution < 1.29 is 9.53 Å². The van der Waals surface area contributed by atoms with E-state index >= 15 is 0 Å². The van der Waals surface area contributed by atoms with E-state index in [0.29, 0.717) is 18.8 Å². The van der Waals surface area contributed by atoms with Gasteiger partial charge in [-0.1, -0.05) is 36.4 Å². The number of carbonyl (C=O) groups excluding carboxylic acids is 1. The molecule has 3 aromatic rings. The molecule has 0 aliphatic carbocycles. The molecule has 0 bridgehead atoms. The van der Waals surface area contributed by atoms with Gasteiger partial charge in [0.15, 0.2) is 5.69 Å². The number of aromatic nitrogens is 2. The Labute approximate surface area is 197 Å². The van der Waals surface area contributed by atoms with Crippen LogP contribution in [0.4, 0.5) is 0 Å². The number of imidazole rings is 1. The monoisotopic (exact) mass is 448 g/mol. The van der Waals surface area contributed by atoms with E-state index in [1.807, 2.05) is 50.5 Å². The quantitative estimate of drug-likeness (QED) is 0.492. The number of fused-ring (bicyclic) bond motifs is 1. The minimum Gasteiger partial charge on any atom is -0.381 e. The van der Waals surface area contributed by atoms with E-state index in [1.54, 1.807) is 4.90 Å². The van der Waals surface area contributed by atoms with Crippen LogP contribution in [0.2, 0.25) is 0 Å². The number of carbonyl (C=O) groups is 1. The summed E-state index contributed by atoms with van der Waals surface area (Å²) in [6.07, 6.45) is 6.32. The average Bonchev–Trinajstić information content (AvgIpc) is 3.21. The molecule has 6 heteroatoms. The third-order valence-corrected chi connectivity index (χ3v) is 6.75. The zero-order valence-electron chi connectivity index (χ0n) is 20.2. The summed E-state index contributed by atoms with van der Waals surface area (Å²) in [4.78, 5) is 22.4. The molecule has 0 atom stereocenters. The van der Waals surface area contributed by atoms with Gasteiger partial charge in [0.25, 0.3) is 5.91 Å². The van der Waals surface area contributed by atoms with Gasteiger partial charge in [-0.15, -0.1) is 0 Å². The van der Waals surface area contributed by atoms with Crippen LogP contribution in [0.15, 0.2) is 48.7 Å². The number of likely N-dealkylation sites (N-methyl/N-ethyl adjacent to an activating group) is 1. The summed E-state index contributed by atoms with van der Waals surface area (Å²) in [5, 5.41) is 0. The van der Waals surface area contributed by atoms with Crippen LogP contribution < -0.4 is 0 Å². The molecule has 0 radical (unpaired) electrons. The van der Waals surface area contributed by atoms with E-state index in [2.05, 4.69) is 28.5 Å². The van der Waals surface area contributed by atoms with E-state index in [0.717, 1.165) is 68.3 Å². The molecule has 33 heavy (non-hydrogen) atoms. The zero-order chi connectivity index (χ0) is 23.2. The zero-order valence-corrected chi connectivity index (χ0v) is 20.2. The van der Waals surface area contributed by atoms with Crippen LogP contribution in [0.3, 0.4) is 0 Å². The second-order valence-electron chi connectivity index (χ2n) is 9.34.